The van der Waals surface area contributed by atoms with Crippen molar-refractivity contribution in [1.82, 2.24) is 4.98 Å². The summed E-state index contributed by atoms with van der Waals surface area (Å²) in [6, 6.07) is 57.1. The average molecular weight is 605 g/mol. The summed E-state index contributed by atoms with van der Waals surface area (Å²) < 4.78 is 2.55. The second kappa shape index (κ2) is 11.0. The SMILES string of the molecule is c1ccc(-c2ccc(N(c3ccc(-c4ccc5ccccc5c4)cc3)c3ccc4c(c3)sc3c5cnccc5ccc43)cc2)cc1. The number of hydrogen-bond acceptors (Lipinski definition) is 3. The van der Waals surface area contributed by atoms with Crippen molar-refractivity contribution in [3.8, 4) is 22.3 Å². The Morgan fingerprint density at radius 2 is 1.02 bits per heavy atom. The maximum Gasteiger partial charge on any atom is 0.0476 e. The number of rotatable bonds is 5. The summed E-state index contributed by atoms with van der Waals surface area (Å²) >= 11 is 1.85. The number of nitrogens with zero attached hydrogens (tertiary/aromatic N) is 2. The van der Waals surface area contributed by atoms with E-state index in [9.17, 15) is 0 Å². The highest BCUT2D eigenvalue weighted by atomic mass is 32.1. The van der Waals surface area contributed by atoms with Crippen molar-refractivity contribution in [3.05, 3.63) is 170 Å². The van der Waals surface area contributed by atoms with E-state index in [1.54, 1.807) is 0 Å². The largest absolute Gasteiger partial charge is 0.310 e. The summed E-state index contributed by atoms with van der Waals surface area (Å²) in [5, 5.41) is 7.51. The van der Waals surface area contributed by atoms with Crippen LogP contribution in [-0.2, 0) is 0 Å². The summed E-state index contributed by atoms with van der Waals surface area (Å²) in [6.45, 7) is 0. The number of hydrogen-bond donors (Lipinski definition) is 0. The zero-order valence-corrected chi connectivity index (χ0v) is 25.8. The highest BCUT2D eigenvalue weighted by molar-refractivity contribution is 7.26. The molecule has 2 nitrogen and oxygen atoms in total. The topological polar surface area (TPSA) is 16.1 Å². The lowest BCUT2D eigenvalue weighted by molar-refractivity contribution is 1.29. The van der Waals surface area contributed by atoms with Crippen LogP contribution in [-0.4, -0.2) is 4.98 Å². The summed E-state index contributed by atoms with van der Waals surface area (Å²) in [5.74, 6) is 0. The summed E-state index contributed by atoms with van der Waals surface area (Å²) in [6.07, 6.45) is 3.86. The van der Waals surface area contributed by atoms with Gasteiger partial charge in [-0.05, 0) is 86.9 Å². The second-order valence-electron chi connectivity index (χ2n) is 11.7. The molecule has 9 aromatic rings. The molecule has 0 aliphatic heterocycles. The van der Waals surface area contributed by atoms with Crippen LogP contribution in [0.15, 0.2) is 170 Å². The summed E-state index contributed by atoms with van der Waals surface area (Å²) in [7, 11) is 0. The second-order valence-corrected chi connectivity index (χ2v) is 12.7. The van der Waals surface area contributed by atoms with E-state index >= 15 is 0 Å². The van der Waals surface area contributed by atoms with Gasteiger partial charge in [0.2, 0.25) is 0 Å². The van der Waals surface area contributed by atoms with Crippen LogP contribution in [0.2, 0.25) is 0 Å². The van der Waals surface area contributed by atoms with Gasteiger partial charge in [0.05, 0.1) is 0 Å². The van der Waals surface area contributed by atoms with Gasteiger partial charge in [-0.3, -0.25) is 4.98 Å². The molecule has 2 heterocycles. The highest BCUT2D eigenvalue weighted by Gasteiger charge is 2.16. The number of fused-ring (bicyclic) bond motifs is 6. The molecule has 0 unspecified atom stereocenters. The third-order valence-corrected chi connectivity index (χ3v) is 10.1. The van der Waals surface area contributed by atoms with Crippen molar-refractivity contribution < 1.29 is 0 Å². The lowest BCUT2D eigenvalue weighted by Gasteiger charge is -2.26. The number of aromatic nitrogens is 1. The summed E-state index contributed by atoms with van der Waals surface area (Å²) in [5.41, 5.74) is 8.21. The van der Waals surface area contributed by atoms with Crippen molar-refractivity contribution in [2.75, 3.05) is 4.90 Å². The maximum atomic E-state index is 4.43. The van der Waals surface area contributed by atoms with Gasteiger partial charge < -0.3 is 4.90 Å². The first kappa shape index (κ1) is 26.6. The molecule has 0 atom stereocenters. The smallest absolute Gasteiger partial charge is 0.0476 e. The minimum Gasteiger partial charge on any atom is -0.310 e. The Kier molecular flexibility index (Phi) is 6.36. The van der Waals surface area contributed by atoms with E-state index in [1.165, 1.54) is 64.0 Å². The summed E-state index contributed by atoms with van der Waals surface area (Å²) in [4.78, 5) is 6.79. The standard InChI is InChI=1S/C43H28N2S/c1-2-6-29(7-3-1)31-12-17-36(18-13-31)45(37-19-14-32(15-20-37)35-11-10-30-8-4-5-9-34(30)26-35)38-21-23-39-40-22-16-33-24-25-44-28-41(33)43(40)46-42(39)27-38/h1-28H. The van der Waals surface area contributed by atoms with Crippen molar-refractivity contribution in [1.29, 1.82) is 0 Å². The van der Waals surface area contributed by atoms with Crippen molar-refractivity contribution in [2.24, 2.45) is 0 Å². The Hall–Kier alpha value is -5.77. The molecule has 0 saturated carbocycles. The predicted octanol–water partition coefficient (Wildman–Crippen LogP) is 12.6. The molecule has 0 radical (unpaired) electrons. The lowest BCUT2D eigenvalue weighted by Crippen LogP contribution is -2.09. The average Bonchev–Trinajstić information content (AvgIpc) is 3.51. The molecule has 0 N–H and O–H groups in total. The van der Waals surface area contributed by atoms with E-state index in [0.717, 1.165) is 17.1 Å². The zero-order valence-electron chi connectivity index (χ0n) is 25.0. The molecule has 3 heteroatoms. The van der Waals surface area contributed by atoms with Gasteiger partial charge >= 0.3 is 0 Å². The minimum absolute atomic E-state index is 1.12. The highest BCUT2D eigenvalue weighted by Crippen LogP contribution is 2.43. The van der Waals surface area contributed by atoms with E-state index in [4.69, 9.17) is 0 Å². The molecule has 2 aromatic heterocycles. The Bertz CT molecular complexity index is 2510. The molecule has 0 saturated heterocycles. The first-order valence-corrected chi connectivity index (χ1v) is 16.3. The van der Waals surface area contributed by atoms with Crippen LogP contribution in [0.3, 0.4) is 0 Å². The fourth-order valence-electron chi connectivity index (χ4n) is 6.58. The van der Waals surface area contributed by atoms with Crippen LogP contribution < -0.4 is 4.90 Å². The zero-order chi connectivity index (χ0) is 30.5. The predicted molar refractivity (Wildman–Crippen MR) is 198 cm³/mol. The Balaban J connectivity index is 1.16. The maximum absolute atomic E-state index is 4.43. The van der Waals surface area contributed by atoms with Crippen molar-refractivity contribution >= 4 is 70.1 Å². The molecule has 0 spiro atoms. The molecule has 0 aliphatic carbocycles. The van der Waals surface area contributed by atoms with Gasteiger partial charge in [-0.15, -0.1) is 11.3 Å². The van der Waals surface area contributed by atoms with E-state index < -0.39 is 0 Å². The van der Waals surface area contributed by atoms with E-state index in [2.05, 4.69) is 168 Å². The molecule has 0 amide bonds. The first-order valence-electron chi connectivity index (χ1n) is 15.5. The van der Waals surface area contributed by atoms with Gasteiger partial charge in [-0.1, -0.05) is 109 Å². The fraction of sp³-hybridized carbons (Fsp3) is 0. The monoisotopic (exact) mass is 604 g/mol. The number of pyridine rings is 1. The Morgan fingerprint density at radius 3 is 1.80 bits per heavy atom. The Labute approximate surface area is 271 Å². The van der Waals surface area contributed by atoms with Gasteiger partial charge in [-0.25, -0.2) is 0 Å². The van der Waals surface area contributed by atoms with Gasteiger partial charge in [-0.2, -0.15) is 0 Å². The molecule has 0 aliphatic rings. The van der Waals surface area contributed by atoms with E-state index in [1.807, 2.05) is 23.7 Å². The van der Waals surface area contributed by atoms with Crippen LogP contribution in [0.25, 0.3) is 64.0 Å². The molecule has 7 aromatic carbocycles. The van der Waals surface area contributed by atoms with Gasteiger partial charge in [0.25, 0.3) is 0 Å². The van der Waals surface area contributed by atoms with Gasteiger partial charge in [0, 0.05) is 55.0 Å². The molecule has 0 bridgehead atoms. The molecule has 9 rings (SSSR count). The van der Waals surface area contributed by atoms with Crippen LogP contribution in [0, 0.1) is 0 Å². The Morgan fingerprint density at radius 1 is 0.413 bits per heavy atom. The van der Waals surface area contributed by atoms with Gasteiger partial charge in [0.1, 0.15) is 0 Å². The van der Waals surface area contributed by atoms with E-state index in [-0.39, 0.29) is 0 Å². The third kappa shape index (κ3) is 4.61. The number of thiophene rings is 1. The lowest BCUT2D eigenvalue weighted by atomic mass is 10.0. The molecular weight excluding hydrogens is 577 g/mol. The van der Waals surface area contributed by atoms with Crippen LogP contribution in [0.4, 0.5) is 17.1 Å². The van der Waals surface area contributed by atoms with Crippen molar-refractivity contribution in [2.45, 2.75) is 0 Å². The quantitative estimate of drug-likeness (QED) is 0.194. The van der Waals surface area contributed by atoms with Crippen molar-refractivity contribution in [3.63, 3.8) is 0 Å². The third-order valence-electron chi connectivity index (χ3n) is 8.94. The number of benzene rings is 7. The normalized spacial score (nSPS) is 11.5. The van der Waals surface area contributed by atoms with Crippen LogP contribution in [0.1, 0.15) is 0 Å². The fourth-order valence-corrected chi connectivity index (χ4v) is 7.83. The first-order chi connectivity index (χ1) is 22.8. The molecular formula is C43H28N2S. The molecule has 46 heavy (non-hydrogen) atoms. The molecule has 216 valence electrons. The van der Waals surface area contributed by atoms with Gasteiger partial charge in [0.15, 0.2) is 0 Å². The number of anilines is 3. The van der Waals surface area contributed by atoms with Crippen LogP contribution >= 0.6 is 11.3 Å². The minimum atomic E-state index is 1.12. The van der Waals surface area contributed by atoms with E-state index in [0.29, 0.717) is 0 Å². The van der Waals surface area contributed by atoms with Crippen LogP contribution in [0.5, 0.6) is 0 Å². The molecule has 0 fully saturated rings.